The highest BCUT2D eigenvalue weighted by atomic mass is 16.1. The molecule has 1 saturated heterocycles. The lowest BCUT2D eigenvalue weighted by Gasteiger charge is -2.12. The fraction of sp³-hybridized carbons (Fsp3) is 0.571. The van der Waals surface area contributed by atoms with Gasteiger partial charge in [0.2, 0.25) is 0 Å². The molecule has 5 heteroatoms. The predicted molar refractivity (Wildman–Crippen MR) is 76.3 cm³/mol. The molecule has 1 aliphatic rings. The first-order chi connectivity index (χ1) is 9.19. The molecular formula is C14H22N4O. The van der Waals surface area contributed by atoms with Crippen LogP contribution in [0.2, 0.25) is 0 Å². The molecule has 2 rings (SSSR count). The molecule has 2 N–H and O–H groups in total. The molecule has 0 radical (unpaired) electrons. The third-order valence-electron chi connectivity index (χ3n) is 3.41. The van der Waals surface area contributed by atoms with Crippen molar-refractivity contribution in [3.05, 3.63) is 24.0 Å². The summed E-state index contributed by atoms with van der Waals surface area (Å²) in [5, 5.41) is 6.15. The molecule has 1 amide bonds. The van der Waals surface area contributed by atoms with E-state index in [1.165, 1.54) is 0 Å². The number of nitrogens with one attached hydrogen (secondary N) is 2. The zero-order valence-electron chi connectivity index (χ0n) is 11.6. The van der Waals surface area contributed by atoms with Gasteiger partial charge in [0.25, 0.3) is 5.91 Å². The second-order valence-corrected chi connectivity index (χ2v) is 5.09. The minimum Gasteiger partial charge on any atom is -0.385 e. The number of amides is 1. The van der Waals surface area contributed by atoms with Crippen molar-refractivity contribution < 1.29 is 4.79 Å². The average molecular weight is 262 g/mol. The van der Waals surface area contributed by atoms with Crippen LogP contribution in [0.1, 0.15) is 23.8 Å². The Labute approximate surface area is 114 Å². The minimum absolute atomic E-state index is 0.0886. The van der Waals surface area contributed by atoms with E-state index in [1.54, 1.807) is 12.3 Å². The summed E-state index contributed by atoms with van der Waals surface area (Å²) in [6, 6.07) is 3.66. The van der Waals surface area contributed by atoms with Crippen LogP contribution in [0.4, 0.5) is 5.69 Å². The Kier molecular flexibility index (Phi) is 4.74. The molecule has 19 heavy (non-hydrogen) atoms. The summed E-state index contributed by atoms with van der Waals surface area (Å²) in [6.45, 7) is 5.77. The predicted octanol–water partition coefficient (Wildman–Crippen LogP) is 1.19. The Morgan fingerprint density at radius 2 is 2.42 bits per heavy atom. The number of aromatic nitrogens is 1. The van der Waals surface area contributed by atoms with Gasteiger partial charge in [-0.2, -0.15) is 0 Å². The standard InChI is InChI=1S/C14H22N4O/c1-3-15-12-4-6-16-13(8-12)14(19)17-9-11-5-7-18(2)10-11/h4,6,8,11H,3,5,7,9-10H2,1-2H3,(H,15,16)(H,17,19). The summed E-state index contributed by atoms with van der Waals surface area (Å²) in [5.74, 6) is 0.472. The number of carbonyl (C=O) groups is 1. The summed E-state index contributed by atoms with van der Waals surface area (Å²) in [7, 11) is 2.11. The molecule has 0 aromatic carbocycles. The van der Waals surface area contributed by atoms with Crippen LogP contribution in [0.3, 0.4) is 0 Å². The molecule has 0 spiro atoms. The van der Waals surface area contributed by atoms with E-state index in [4.69, 9.17) is 0 Å². The monoisotopic (exact) mass is 262 g/mol. The molecule has 1 unspecified atom stereocenters. The second-order valence-electron chi connectivity index (χ2n) is 5.09. The number of nitrogens with zero attached hydrogens (tertiary/aromatic N) is 2. The topological polar surface area (TPSA) is 57.3 Å². The zero-order valence-corrected chi connectivity index (χ0v) is 11.6. The van der Waals surface area contributed by atoms with Crippen molar-refractivity contribution in [2.45, 2.75) is 13.3 Å². The van der Waals surface area contributed by atoms with E-state index in [1.807, 2.05) is 13.0 Å². The van der Waals surface area contributed by atoms with Gasteiger partial charge in [0.05, 0.1) is 0 Å². The Hall–Kier alpha value is -1.62. The summed E-state index contributed by atoms with van der Waals surface area (Å²) in [4.78, 5) is 18.4. The molecule has 0 aliphatic carbocycles. The fourth-order valence-electron chi connectivity index (χ4n) is 2.39. The molecule has 1 atom stereocenters. The number of anilines is 1. The highest BCUT2D eigenvalue weighted by molar-refractivity contribution is 5.93. The Morgan fingerprint density at radius 3 is 3.11 bits per heavy atom. The van der Waals surface area contributed by atoms with Crippen molar-refractivity contribution in [1.29, 1.82) is 0 Å². The highest BCUT2D eigenvalue weighted by Gasteiger charge is 2.20. The van der Waals surface area contributed by atoms with Gasteiger partial charge in [0.1, 0.15) is 5.69 Å². The van der Waals surface area contributed by atoms with Crippen molar-refractivity contribution in [1.82, 2.24) is 15.2 Å². The molecule has 5 nitrogen and oxygen atoms in total. The molecule has 104 valence electrons. The van der Waals surface area contributed by atoms with E-state index >= 15 is 0 Å². The number of carbonyl (C=O) groups excluding carboxylic acids is 1. The summed E-state index contributed by atoms with van der Waals surface area (Å²) < 4.78 is 0. The lowest BCUT2D eigenvalue weighted by Crippen LogP contribution is -2.31. The number of rotatable bonds is 5. The van der Waals surface area contributed by atoms with Gasteiger partial charge in [0, 0.05) is 31.5 Å². The van der Waals surface area contributed by atoms with Crippen LogP contribution in [0.25, 0.3) is 0 Å². The lowest BCUT2D eigenvalue weighted by molar-refractivity contribution is 0.0942. The first-order valence-corrected chi connectivity index (χ1v) is 6.85. The van der Waals surface area contributed by atoms with Crippen LogP contribution >= 0.6 is 0 Å². The maximum Gasteiger partial charge on any atom is 0.269 e. The van der Waals surface area contributed by atoms with E-state index in [0.717, 1.165) is 38.3 Å². The lowest BCUT2D eigenvalue weighted by atomic mass is 10.1. The third-order valence-corrected chi connectivity index (χ3v) is 3.41. The van der Waals surface area contributed by atoms with Gasteiger partial charge < -0.3 is 15.5 Å². The van der Waals surface area contributed by atoms with Crippen molar-refractivity contribution in [3.8, 4) is 0 Å². The van der Waals surface area contributed by atoms with Crippen LogP contribution < -0.4 is 10.6 Å². The SMILES string of the molecule is CCNc1ccnc(C(=O)NCC2CCN(C)C2)c1. The highest BCUT2D eigenvalue weighted by Crippen LogP contribution is 2.13. The maximum absolute atomic E-state index is 12.0. The van der Waals surface area contributed by atoms with Gasteiger partial charge in [-0.05, 0) is 45.0 Å². The van der Waals surface area contributed by atoms with Crippen molar-refractivity contribution in [3.63, 3.8) is 0 Å². The quantitative estimate of drug-likeness (QED) is 0.837. The van der Waals surface area contributed by atoms with Crippen LogP contribution in [-0.4, -0.2) is 49.0 Å². The Morgan fingerprint density at radius 1 is 1.58 bits per heavy atom. The van der Waals surface area contributed by atoms with Crippen molar-refractivity contribution >= 4 is 11.6 Å². The largest absolute Gasteiger partial charge is 0.385 e. The van der Waals surface area contributed by atoms with E-state index in [-0.39, 0.29) is 5.91 Å². The smallest absolute Gasteiger partial charge is 0.269 e. The number of pyridine rings is 1. The zero-order chi connectivity index (χ0) is 13.7. The first-order valence-electron chi connectivity index (χ1n) is 6.85. The van der Waals surface area contributed by atoms with Crippen LogP contribution in [0.15, 0.2) is 18.3 Å². The van der Waals surface area contributed by atoms with Crippen LogP contribution in [-0.2, 0) is 0 Å². The molecule has 1 aromatic rings. The Balaban J connectivity index is 1.87. The maximum atomic E-state index is 12.0. The van der Waals surface area contributed by atoms with Gasteiger partial charge in [-0.3, -0.25) is 9.78 Å². The van der Waals surface area contributed by atoms with Gasteiger partial charge in [-0.15, -0.1) is 0 Å². The average Bonchev–Trinajstić information content (AvgIpc) is 2.82. The molecule has 1 aromatic heterocycles. The minimum atomic E-state index is -0.0886. The number of likely N-dealkylation sites (tertiary alicyclic amines) is 1. The molecule has 0 bridgehead atoms. The normalized spacial score (nSPS) is 19.4. The molecule has 1 aliphatic heterocycles. The van der Waals surface area contributed by atoms with Gasteiger partial charge in [-0.1, -0.05) is 0 Å². The molecule has 0 saturated carbocycles. The van der Waals surface area contributed by atoms with Crippen LogP contribution in [0, 0.1) is 5.92 Å². The second kappa shape index (κ2) is 6.52. The Bertz CT molecular complexity index is 435. The molecule has 1 fully saturated rings. The summed E-state index contributed by atoms with van der Waals surface area (Å²) in [6.07, 6.45) is 2.82. The van der Waals surface area contributed by atoms with E-state index in [2.05, 4.69) is 27.6 Å². The van der Waals surface area contributed by atoms with E-state index in [0.29, 0.717) is 11.6 Å². The van der Waals surface area contributed by atoms with E-state index < -0.39 is 0 Å². The van der Waals surface area contributed by atoms with E-state index in [9.17, 15) is 4.79 Å². The third kappa shape index (κ3) is 3.92. The van der Waals surface area contributed by atoms with Gasteiger partial charge in [0.15, 0.2) is 0 Å². The number of hydrogen-bond donors (Lipinski definition) is 2. The number of hydrogen-bond acceptors (Lipinski definition) is 4. The summed E-state index contributed by atoms with van der Waals surface area (Å²) in [5.41, 5.74) is 1.41. The van der Waals surface area contributed by atoms with Gasteiger partial charge in [-0.25, -0.2) is 0 Å². The molecular weight excluding hydrogens is 240 g/mol. The fourth-order valence-corrected chi connectivity index (χ4v) is 2.39. The van der Waals surface area contributed by atoms with Crippen LogP contribution in [0.5, 0.6) is 0 Å². The van der Waals surface area contributed by atoms with Crippen molar-refractivity contribution in [2.75, 3.05) is 38.5 Å². The first kappa shape index (κ1) is 13.8. The summed E-state index contributed by atoms with van der Waals surface area (Å²) >= 11 is 0. The molecule has 2 heterocycles. The van der Waals surface area contributed by atoms with Gasteiger partial charge >= 0.3 is 0 Å². The van der Waals surface area contributed by atoms with Crippen molar-refractivity contribution in [2.24, 2.45) is 5.92 Å².